The van der Waals surface area contributed by atoms with Crippen LogP contribution in [0.4, 0.5) is 0 Å². The summed E-state index contributed by atoms with van der Waals surface area (Å²) in [7, 11) is -2.55. The summed E-state index contributed by atoms with van der Waals surface area (Å²) < 4.78 is 27.6. The van der Waals surface area contributed by atoms with E-state index < -0.39 is 15.9 Å². The molecular formula is C11H14Cl2N2O4S. The molecule has 0 aliphatic rings. The molecule has 0 radical (unpaired) electrons. The fraction of sp³-hybridized carbons (Fsp3) is 0.364. The van der Waals surface area contributed by atoms with Crippen LogP contribution in [0.3, 0.4) is 0 Å². The number of primary sulfonamides is 1. The van der Waals surface area contributed by atoms with Gasteiger partial charge in [0.1, 0.15) is 4.90 Å². The van der Waals surface area contributed by atoms with Crippen molar-refractivity contribution in [3.63, 3.8) is 0 Å². The van der Waals surface area contributed by atoms with Crippen LogP contribution in [0, 0.1) is 0 Å². The van der Waals surface area contributed by atoms with Gasteiger partial charge in [-0.05, 0) is 19.1 Å². The number of benzene rings is 1. The Bertz CT molecular complexity index is 619. The van der Waals surface area contributed by atoms with E-state index in [-0.39, 0.29) is 33.2 Å². The van der Waals surface area contributed by atoms with Crippen molar-refractivity contribution in [1.82, 2.24) is 5.32 Å². The highest BCUT2D eigenvalue weighted by Crippen LogP contribution is 2.30. The van der Waals surface area contributed by atoms with Gasteiger partial charge in [0.05, 0.1) is 22.2 Å². The molecular weight excluding hydrogens is 327 g/mol. The summed E-state index contributed by atoms with van der Waals surface area (Å²) in [5, 5.41) is 7.34. The first-order valence-electron chi connectivity index (χ1n) is 5.49. The number of hydrogen-bond donors (Lipinski definition) is 2. The molecule has 1 unspecified atom stereocenters. The molecule has 0 aliphatic heterocycles. The van der Waals surface area contributed by atoms with Crippen molar-refractivity contribution in [2.75, 3.05) is 13.7 Å². The normalized spacial score (nSPS) is 13.1. The van der Waals surface area contributed by atoms with Gasteiger partial charge in [-0.15, -0.1) is 0 Å². The third kappa shape index (κ3) is 4.07. The first kappa shape index (κ1) is 17.2. The predicted octanol–water partition coefficient (Wildman–Crippen LogP) is 1.41. The van der Waals surface area contributed by atoms with Crippen LogP contribution >= 0.6 is 23.2 Å². The molecule has 112 valence electrons. The van der Waals surface area contributed by atoms with E-state index in [0.29, 0.717) is 0 Å². The molecule has 0 aromatic heterocycles. The number of carbonyl (C=O) groups excluding carboxylic acids is 1. The van der Waals surface area contributed by atoms with E-state index in [1.807, 2.05) is 0 Å². The quantitative estimate of drug-likeness (QED) is 0.846. The molecule has 0 heterocycles. The lowest BCUT2D eigenvalue weighted by molar-refractivity contribution is 0.0905. The smallest absolute Gasteiger partial charge is 0.254 e. The van der Waals surface area contributed by atoms with Crippen molar-refractivity contribution >= 4 is 39.1 Å². The number of methoxy groups -OCH3 is 1. The predicted molar refractivity (Wildman–Crippen MR) is 76.6 cm³/mol. The van der Waals surface area contributed by atoms with Gasteiger partial charge in [-0.3, -0.25) is 4.79 Å². The van der Waals surface area contributed by atoms with Crippen molar-refractivity contribution in [2.45, 2.75) is 17.9 Å². The fourth-order valence-electron chi connectivity index (χ4n) is 1.55. The lowest BCUT2D eigenvalue weighted by atomic mass is 10.2. The van der Waals surface area contributed by atoms with Crippen molar-refractivity contribution in [3.05, 3.63) is 27.7 Å². The molecule has 0 saturated heterocycles. The maximum atomic E-state index is 12.1. The molecule has 0 bridgehead atoms. The van der Waals surface area contributed by atoms with Gasteiger partial charge in [0.25, 0.3) is 5.91 Å². The summed E-state index contributed by atoms with van der Waals surface area (Å²) in [6.07, 6.45) is 0. The average Bonchev–Trinajstić information content (AvgIpc) is 2.26. The number of halogens is 2. The van der Waals surface area contributed by atoms with Crippen LogP contribution in [0.25, 0.3) is 0 Å². The standard InChI is InChI=1S/C11H14Cl2N2O4S/c1-6(5-19-2)15-11(16)9-7(12)3-4-8(10(9)13)20(14,17)18/h3-4,6H,5H2,1-2H3,(H,15,16)(H2,14,17,18). The Morgan fingerprint density at radius 2 is 2.05 bits per heavy atom. The molecule has 0 aliphatic carbocycles. The molecule has 1 atom stereocenters. The minimum absolute atomic E-state index is 0.0320. The van der Waals surface area contributed by atoms with Gasteiger partial charge in [0, 0.05) is 13.2 Å². The maximum absolute atomic E-state index is 12.1. The maximum Gasteiger partial charge on any atom is 0.254 e. The Labute approximate surface area is 127 Å². The third-order valence-corrected chi connectivity index (χ3v) is 4.16. The molecule has 1 aromatic rings. The van der Waals surface area contributed by atoms with E-state index >= 15 is 0 Å². The van der Waals surface area contributed by atoms with Gasteiger partial charge in [0.2, 0.25) is 10.0 Å². The summed E-state index contributed by atoms with van der Waals surface area (Å²) in [5.41, 5.74) is -0.136. The van der Waals surface area contributed by atoms with Crippen LogP contribution in [-0.4, -0.2) is 34.1 Å². The monoisotopic (exact) mass is 340 g/mol. The van der Waals surface area contributed by atoms with Crippen molar-refractivity contribution in [1.29, 1.82) is 0 Å². The van der Waals surface area contributed by atoms with Crippen molar-refractivity contribution in [3.8, 4) is 0 Å². The SMILES string of the molecule is COCC(C)NC(=O)c1c(Cl)ccc(S(N)(=O)=O)c1Cl. The second-order valence-corrected chi connectivity index (χ2v) is 6.42. The number of carbonyl (C=O) groups is 1. The van der Waals surface area contributed by atoms with E-state index in [2.05, 4.69) is 5.32 Å². The number of ether oxygens (including phenoxy) is 1. The van der Waals surface area contributed by atoms with Crippen LogP contribution in [0.2, 0.25) is 10.0 Å². The molecule has 20 heavy (non-hydrogen) atoms. The molecule has 1 aromatic carbocycles. The Morgan fingerprint density at radius 3 is 2.55 bits per heavy atom. The zero-order chi connectivity index (χ0) is 15.5. The summed E-state index contributed by atoms with van der Waals surface area (Å²) in [4.78, 5) is 11.7. The minimum Gasteiger partial charge on any atom is -0.383 e. The highest BCUT2D eigenvalue weighted by molar-refractivity contribution is 7.89. The number of hydrogen-bond acceptors (Lipinski definition) is 4. The second-order valence-electron chi connectivity index (χ2n) is 4.11. The van der Waals surface area contributed by atoms with Crippen LogP contribution in [-0.2, 0) is 14.8 Å². The molecule has 3 N–H and O–H groups in total. The van der Waals surface area contributed by atoms with Gasteiger partial charge in [-0.25, -0.2) is 13.6 Å². The molecule has 9 heteroatoms. The topological polar surface area (TPSA) is 98.5 Å². The Morgan fingerprint density at radius 1 is 1.45 bits per heavy atom. The van der Waals surface area contributed by atoms with Crippen LogP contribution in [0.5, 0.6) is 0 Å². The first-order chi connectivity index (χ1) is 9.18. The molecule has 6 nitrogen and oxygen atoms in total. The Balaban J connectivity index is 3.21. The highest BCUT2D eigenvalue weighted by atomic mass is 35.5. The fourth-order valence-corrected chi connectivity index (χ4v) is 3.02. The Kier molecular flexibility index (Phi) is 5.79. The third-order valence-electron chi connectivity index (χ3n) is 2.38. The van der Waals surface area contributed by atoms with Gasteiger partial charge in [-0.2, -0.15) is 0 Å². The lowest BCUT2D eigenvalue weighted by Gasteiger charge is -2.15. The van der Waals surface area contributed by atoms with E-state index in [4.69, 9.17) is 33.1 Å². The summed E-state index contributed by atoms with van der Waals surface area (Å²) in [5.74, 6) is -0.602. The number of nitrogens with two attached hydrogens (primary N) is 1. The van der Waals surface area contributed by atoms with Gasteiger partial charge in [0.15, 0.2) is 0 Å². The zero-order valence-electron chi connectivity index (χ0n) is 10.8. The number of amides is 1. The van der Waals surface area contributed by atoms with Gasteiger partial charge in [-0.1, -0.05) is 23.2 Å². The van der Waals surface area contributed by atoms with E-state index in [0.717, 1.165) is 6.07 Å². The van der Waals surface area contributed by atoms with Crippen LogP contribution < -0.4 is 10.5 Å². The number of nitrogens with one attached hydrogen (secondary N) is 1. The average molecular weight is 341 g/mol. The van der Waals surface area contributed by atoms with Crippen LogP contribution in [0.1, 0.15) is 17.3 Å². The molecule has 0 fully saturated rings. The number of sulfonamides is 1. The second kappa shape index (κ2) is 6.73. The lowest BCUT2D eigenvalue weighted by Crippen LogP contribution is -2.36. The summed E-state index contributed by atoms with van der Waals surface area (Å²) in [6, 6.07) is 2.11. The van der Waals surface area contributed by atoms with Gasteiger partial charge >= 0.3 is 0 Å². The van der Waals surface area contributed by atoms with Crippen molar-refractivity contribution < 1.29 is 17.9 Å². The largest absolute Gasteiger partial charge is 0.383 e. The Hall–Kier alpha value is -0.860. The molecule has 0 spiro atoms. The summed E-state index contributed by atoms with van der Waals surface area (Å²) in [6.45, 7) is 2.00. The minimum atomic E-state index is -4.04. The zero-order valence-corrected chi connectivity index (χ0v) is 13.1. The highest BCUT2D eigenvalue weighted by Gasteiger charge is 2.23. The first-order valence-corrected chi connectivity index (χ1v) is 7.79. The van der Waals surface area contributed by atoms with Gasteiger partial charge < -0.3 is 10.1 Å². The van der Waals surface area contributed by atoms with E-state index in [1.54, 1.807) is 6.92 Å². The van der Waals surface area contributed by atoms with Crippen molar-refractivity contribution in [2.24, 2.45) is 5.14 Å². The van der Waals surface area contributed by atoms with E-state index in [9.17, 15) is 13.2 Å². The molecule has 1 amide bonds. The summed E-state index contributed by atoms with van der Waals surface area (Å²) >= 11 is 11.8. The van der Waals surface area contributed by atoms with Crippen LogP contribution in [0.15, 0.2) is 17.0 Å². The molecule has 1 rings (SSSR count). The molecule has 0 saturated carbocycles. The van der Waals surface area contributed by atoms with E-state index in [1.165, 1.54) is 13.2 Å². The number of rotatable bonds is 5.